The van der Waals surface area contributed by atoms with E-state index in [9.17, 15) is 18.0 Å². The molecule has 3 amide bonds. The molecule has 3 heterocycles. The lowest BCUT2D eigenvalue weighted by molar-refractivity contribution is -0.133. The average Bonchev–Trinajstić information content (AvgIpc) is 3.28. The van der Waals surface area contributed by atoms with E-state index in [4.69, 9.17) is 0 Å². The van der Waals surface area contributed by atoms with Crippen molar-refractivity contribution in [3.63, 3.8) is 0 Å². The third kappa shape index (κ3) is 3.15. The summed E-state index contributed by atoms with van der Waals surface area (Å²) in [5.74, 6) is -0.274. The van der Waals surface area contributed by atoms with Crippen LogP contribution in [0.4, 0.5) is 4.79 Å². The molecule has 1 aromatic carbocycles. The van der Waals surface area contributed by atoms with E-state index < -0.39 is 21.6 Å². The third-order valence-electron chi connectivity index (χ3n) is 5.09. The molecular formula is C18H19N3O4S2. The maximum Gasteiger partial charge on any atom is 0.325 e. The number of imide groups is 1. The van der Waals surface area contributed by atoms with Crippen molar-refractivity contribution in [1.29, 1.82) is 0 Å². The smallest absolute Gasteiger partial charge is 0.323 e. The Labute approximate surface area is 161 Å². The van der Waals surface area contributed by atoms with Gasteiger partial charge < -0.3 is 5.32 Å². The first-order chi connectivity index (χ1) is 12.9. The lowest BCUT2D eigenvalue weighted by atomic mass is 9.88. The van der Waals surface area contributed by atoms with Gasteiger partial charge in [-0.3, -0.25) is 9.69 Å². The number of piperidine rings is 1. The van der Waals surface area contributed by atoms with E-state index in [1.165, 1.54) is 20.5 Å². The summed E-state index contributed by atoms with van der Waals surface area (Å²) in [5.41, 5.74) is -0.136. The number of carbonyl (C=O) groups is 2. The first-order valence-electron chi connectivity index (χ1n) is 8.64. The van der Waals surface area contributed by atoms with Crippen molar-refractivity contribution < 1.29 is 18.0 Å². The van der Waals surface area contributed by atoms with Crippen LogP contribution in [-0.2, 0) is 21.4 Å². The van der Waals surface area contributed by atoms with Crippen molar-refractivity contribution in [3.8, 4) is 0 Å². The standard InChI is InChI=1S/C18H19N3O4S2/c22-16-18(19-17(23)21(16)13-14-5-2-1-3-6-14)8-10-20(11-9-18)27(24,25)15-7-4-12-26-15/h1-7,12H,8-11,13H2,(H,19,23). The van der Waals surface area contributed by atoms with Crippen molar-refractivity contribution in [3.05, 3.63) is 53.4 Å². The van der Waals surface area contributed by atoms with Gasteiger partial charge in [0, 0.05) is 13.1 Å². The Hall–Kier alpha value is -2.23. The van der Waals surface area contributed by atoms with Crippen LogP contribution in [0.1, 0.15) is 18.4 Å². The molecule has 0 unspecified atom stereocenters. The molecule has 0 aliphatic carbocycles. The monoisotopic (exact) mass is 405 g/mol. The Balaban J connectivity index is 1.48. The number of carbonyl (C=O) groups excluding carboxylic acids is 2. The van der Waals surface area contributed by atoms with Crippen molar-refractivity contribution in [2.24, 2.45) is 0 Å². The largest absolute Gasteiger partial charge is 0.325 e. The number of hydrogen-bond donors (Lipinski definition) is 1. The van der Waals surface area contributed by atoms with E-state index in [0.717, 1.165) is 5.56 Å². The second-order valence-electron chi connectivity index (χ2n) is 6.73. The second kappa shape index (κ2) is 6.74. The van der Waals surface area contributed by atoms with Crippen LogP contribution in [0.15, 0.2) is 52.1 Å². The molecule has 4 rings (SSSR count). The fourth-order valence-corrected chi connectivity index (χ4v) is 6.16. The molecule has 2 aromatic rings. The zero-order valence-corrected chi connectivity index (χ0v) is 16.1. The average molecular weight is 406 g/mol. The fourth-order valence-electron chi connectivity index (χ4n) is 3.57. The van der Waals surface area contributed by atoms with Crippen LogP contribution < -0.4 is 5.32 Å². The molecular weight excluding hydrogens is 386 g/mol. The van der Waals surface area contributed by atoms with Crippen LogP contribution in [0, 0.1) is 0 Å². The Morgan fingerprint density at radius 2 is 1.74 bits per heavy atom. The molecule has 7 nitrogen and oxygen atoms in total. The molecule has 2 aliphatic heterocycles. The SMILES string of the molecule is O=C1NC2(CCN(S(=O)(=O)c3cccs3)CC2)C(=O)N1Cc1ccccc1. The van der Waals surface area contributed by atoms with Gasteiger partial charge in [0.25, 0.3) is 15.9 Å². The highest BCUT2D eigenvalue weighted by atomic mass is 32.2. The zero-order chi connectivity index (χ0) is 19.1. The van der Waals surface area contributed by atoms with Crippen LogP contribution in [0.3, 0.4) is 0 Å². The topological polar surface area (TPSA) is 86.8 Å². The van der Waals surface area contributed by atoms with Gasteiger partial charge in [0.2, 0.25) is 0 Å². The van der Waals surface area contributed by atoms with Gasteiger partial charge in [-0.05, 0) is 29.9 Å². The van der Waals surface area contributed by atoms with Crippen LogP contribution >= 0.6 is 11.3 Å². The number of sulfonamides is 1. The number of rotatable bonds is 4. The van der Waals surface area contributed by atoms with Crippen LogP contribution in [0.5, 0.6) is 0 Å². The molecule has 2 saturated heterocycles. The van der Waals surface area contributed by atoms with E-state index in [2.05, 4.69) is 5.32 Å². The third-order valence-corrected chi connectivity index (χ3v) is 8.37. The van der Waals surface area contributed by atoms with Crippen LogP contribution in [-0.4, -0.2) is 48.2 Å². The van der Waals surface area contributed by atoms with Gasteiger partial charge in [-0.15, -0.1) is 11.3 Å². The number of urea groups is 1. The van der Waals surface area contributed by atoms with Crippen LogP contribution in [0.2, 0.25) is 0 Å². The quantitative estimate of drug-likeness (QED) is 0.789. The van der Waals surface area contributed by atoms with Crippen molar-refractivity contribution in [2.75, 3.05) is 13.1 Å². The number of thiophene rings is 1. The molecule has 142 valence electrons. The molecule has 0 radical (unpaired) electrons. The number of nitrogens with zero attached hydrogens (tertiary/aromatic N) is 2. The summed E-state index contributed by atoms with van der Waals surface area (Å²) in [4.78, 5) is 26.6. The molecule has 2 fully saturated rings. The number of hydrogen-bond acceptors (Lipinski definition) is 5. The van der Waals surface area contributed by atoms with Gasteiger partial charge in [-0.2, -0.15) is 4.31 Å². The minimum Gasteiger partial charge on any atom is -0.323 e. The van der Waals surface area contributed by atoms with E-state index in [-0.39, 0.29) is 38.4 Å². The molecule has 9 heteroatoms. The minimum absolute atomic E-state index is 0.200. The predicted octanol–water partition coefficient (Wildman–Crippen LogP) is 2.02. The predicted molar refractivity (Wildman–Crippen MR) is 101 cm³/mol. The number of nitrogens with one attached hydrogen (secondary N) is 1. The van der Waals surface area contributed by atoms with Gasteiger partial charge >= 0.3 is 6.03 Å². The molecule has 1 N–H and O–H groups in total. The maximum absolute atomic E-state index is 13.0. The molecule has 1 aromatic heterocycles. The molecule has 0 atom stereocenters. The summed E-state index contributed by atoms with van der Waals surface area (Å²) in [7, 11) is -3.54. The van der Waals surface area contributed by atoms with Crippen molar-refractivity contribution in [2.45, 2.75) is 29.1 Å². The molecule has 0 saturated carbocycles. The normalized spacial score (nSPS) is 20.2. The van der Waals surface area contributed by atoms with E-state index in [1.807, 2.05) is 30.3 Å². The Morgan fingerprint density at radius 3 is 2.37 bits per heavy atom. The summed E-state index contributed by atoms with van der Waals surface area (Å²) in [6.07, 6.45) is 0.543. The lowest BCUT2D eigenvalue weighted by Gasteiger charge is -2.36. The van der Waals surface area contributed by atoms with E-state index >= 15 is 0 Å². The summed E-state index contributed by atoms with van der Waals surface area (Å²) in [6.45, 7) is 0.612. The van der Waals surface area contributed by atoms with Gasteiger partial charge in [0.1, 0.15) is 9.75 Å². The van der Waals surface area contributed by atoms with Gasteiger partial charge in [-0.25, -0.2) is 13.2 Å². The number of benzene rings is 1. The Morgan fingerprint density at radius 1 is 1.04 bits per heavy atom. The maximum atomic E-state index is 13.0. The highest BCUT2D eigenvalue weighted by Crippen LogP contribution is 2.33. The van der Waals surface area contributed by atoms with Crippen LogP contribution in [0.25, 0.3) is 0 Å². The summed E-state index contributed by atoms with van der Waals surface area (Å²) < 4.78 is 27.0. The molecule has 0 bridgehead atoms. The molecule has 27 heavy (non-hydrogen) atoms. The highest BCUT2D eigenvalue weighted by molar-refractivity contribution is 7.91. The molecule has 1 spiro atoms. The fraction of sp³-hybridized carbons (Fsp3) is 0.333. The summed E-state index contributed by atoms with van der Waals surface area (Å²) in [6, 6.07) is 12.2. The van der Waals surface area contributed by atoms with Gasteiger partial charge in [0.15, 0.2) is 0 Å². The van der Waals surface area contributed by atoms with Gasteiger partial charge in [0.05, 0.1) is 6.54 Å². The summed E-state index contributed by atoms with van der Waals surface area (Å²) in [5, 5.41) is 4.54. The second-order valence-corrected chi connectivity index (χ2v) is 9.84. The van der Waals surface area contributed by atoms with E-state index in [1.54, 1.807) is 17.5 Å². The first-order valence-corrected chi connectivity index (χ1v) is 11.0. The zero-order valence-electron chi connectivity index (χ0n) is 14.5. The first kappa shape index (κ1) is 18.1. The highest BCUT2D eigenvalue weighted by Gasteiger charge is 2.53. The Bertz CT molecular complexity index is 950. The Kier molecular flexibility index (Phi) is 4.53. The minimum atomic E-state index is -3.54. The van der Waals surface area contributed by atoms with Gasteiger partial charge in [-0.1, -0.05) is 36.4 Å². The summed E-state index contributed by atoms with van der Waals surface area (Å²) >= 11 is 1.18. The lowest BCUT2D eigenvalue weighted by Crippen LogP contribution is -2.55. The van der Waals surface area contributed by atoms with Crippen molar-refractivity contribution >= 4 is 33.3 Å². The number of amides is 3. The molecule has 2 aliphatic rings. The van der Waals surface area contributed by atoms with E-state index in [0.29, 0.717) is 4.21 Å². The van der Waals surface area contributed by atoms with Crippen molar-refractivity contribution in [1.82, 2.24) is 14.5 Å².